The van der Waals surface area contributed by atoms with Gasteiger partial charge in [-0.2, -0.15) is 154 Å². The fourth-order valence-corrected chi connectivity index (χ4v) is 2.71. The van der Waals surface area contributed by atoms with Gasteiger partial charge in [-0.25, -0.2) is 0 Å². The molecule has 0 aliphatic heterocycles. The maximum absolute atomic E-state index is 14.6. The summed E-state index contributed by atoms with van der Waals surface area (Å²) in [4.78, 5) is 0. The number of halogens is 35. The molecule has 5 atom stereocenters. The zero-order valence-electron chi connectivity index (χ0n) is 24.9. The van der Waals surface area contributed by atoms with Gasteiger partial charge in [0.2, 0.25) is 0 Å². The maximum atomic E-state index is 14.6. The van der Waals surface area contributed by atoms with Crippen molar-refractivity contribution in [3.8, 4) is 0 Å². The van der Waals surface area contributed by atoms with E-state index in [1.54, 1.807) is 0 Å². The molecule has 41 heteroatoms. The van der Waals surface area contributed by atoms with Crippen LogP contribution in [-0.2, 0) is 23.7 Å². The van der Waals surface area contributed by atoms with Crippen LogP contribution in [0, 0.1) is 0 Å². The van der Waals surface area contributed by atoms with Crippen LogP contribution in [0.3, 0.4) is 0 Å². The molecule has 0 aromatic heterocycles. The van der Waals surface area contributed by atoms with E-state index in [0.717, 1.165) is 9.47 Å². The third-order valence-electron chi connectivity index (χ3n) is 5.67. The average molecular weight is 980 g/mol. The van der Waals surface area contributed by atoms with Crippen LogP contribution in [0.4, 0.5) is 154 Å². The van der Waals surface area contributed by atoms with E-state index in [2.05, 4.69) is 0 Å². The molecular weight excluding hydrogens is 977 g/mol. The summed E-state index contributed by atoms with van der Waals surface area (Å²) in [6, 6.07) is 0. The van der Waals surface area contributed by atoms with Gasteiger partial charge in [0.25, 0.3) is 0 Å². The monoisotopic (exact) mass is 980 g/mol. The van der Waals surface area contributed by atoms with E-state index in [4.69, 9.17) is 5.11 Å². The van der Waals surface area contributed by atoms with Crippen molar-refractivity contribution >= 4 is 0 Å². The van der Waals surface area contributed by atoms with Crippen LogP contribution in [-0.4, -0.2) is 115 Å². The second-order valence-electron chi connectivity index (χ2n) is 9.92. The number of alkyl halides is 35. The number of aliphatic hydroxyl groups excluding tert-OH is 1. The van der Waals surface area contributed by atoms with Crippen LogP contribution in [0.25, 0.3) is 0 Å². The highest BCUT2D eigenvalue weighted by Crippen LogP contribution is 2.62. The van der Waals surface area contributed by atoms with Gasteiger partial charge in [0.1, 0.15) is 6.61 Å². The summed E-state index contributed by atoms with van der Waals surface area (Å²) in [5, 5.41) is 8.13. The Kier molecular flexibility index (Phi) is 14.0. The molecule has 0 bridgehead atoms. The Morgan fingerprint density at radius 2 is 0.424 bits per heavy atom. The van der Waals surface area contributed by atoms with Gasteiger partial charge in [0.05, 0.1) is 0 Å². The number of rotatable bonds is 16. The number of ether oxygens (including phenoxy) is 5. The topological polar surface area (TPSA) is 66.4 Å². The Bertz CT molecular complexity index is 1450. The van der Waals surface area contributed by atoms with E-state index >= 15 is 0 Å². The minimum atomic E-state index is -9.58. The number of hydrogen-bond donors (Lipinski definition) is 1. The Morgan fingerprint density at radius 3 is 0.576 bits per heavy atom. The fraction of sp³-hybridized carbons (Fsp3) is 1.00. The molecule has 0 heterocycles. The van der Waals surface area contributed by atoms with Crippen molar-refractivity contribution in [1.29, 1.82) is 0 Å². The van der Waals surface area contributed by atoms with Crippen molar-refractivity contribution in [3.05, 3.63) is 0 Å². The second kappa shape index (κ2) is 14.7. The van der Waals surface area contributed by atoms with Gasteiger partial charge in [-0.3, -0.25) is 23.7 Å². The minimum Gasteiger partial charge on any atom is -0.390 e. The van der Waals surface area contributed by atoms with Crippen LogP contribution < -0.4 is 0 Å². The van der Waals surface area contributed by atoms with Crippen molar-refractivity contribution < 1.29 is 182 Å². The van der Waals surface area contributed by atoms with Crippen molar-refractivity contribution in [1.82, 2.24) is 0 Å². The first-order valence-electron chi connectivity index (χ1n) is 12.1. The van der Waals surface area contributed by atoms with Crippen LogP contribution in [0.5, 0.6) is 0 Å². The predicted octanol–water partition coefficient (Wildman–Crippen LogP) is 10.4. The standard InChI is InChI=1S/C18H3F35O6/c19-2(1-54,8(26,27)28)55-15(46,47)4(22,10(32,33)34)57-17(50,51)6(24,12(38,39)40)59-18(52,53)7(25,13(41,42)43)58-16(48,49)5(23,11(35,36)37)56-14(44,45)3(20,21)9(29,30)31/h54H,1H2/t2-,4+,5-,6+,7-/m0/s1. The van der Waals surface area contributed by atoms with Crippen LogP contribution in [0.1, 0.15) is 0 Å². The summed E-state index contributed by atoms with van der Waals surface area (Å²) < 4.78 is 472. The van der Waals surface area contributed by atoms with Gasteiger partial charge >= 0.3 is 103 Å². The van der Waals surface area contributed by atoms with E-state index in [1.165, 1.54) is 4.74 Å². The Morgan fingerprint density at radius 1 is 0.237 bits per heavy atom. The van der Waals surface area contributed by atoms with E-state index in [1.807, 2.05) is 0 Å². The second-order valence-corrected chi connectivity index (χ2v) is 9.92. The molecule has 0 rings (SSSR count). The zero-order valence-corrected chi connectivity index (χ0v) is 24.9. The highest BCUT2D eigenvalue weighted by molar-refractivity contribution is 5.00. The smallest absolute Gasteiger partial charge is 0.390 e. The first-order chi connectivity index (χ1) is 24.8. The van der Waals surface area contributed by atoms with Gasteiger partial charge in [-0.15, -0.1) is 0 Å². The summed E-state index contributed by atoms with van der Waals surface area (Å²) in [5.41, 5.74) is 0. The lowest BCUT2D eigenvalue weighted by Crippen LogP contribution is -2.73. The Balaban J connectivity index is 7.96. The molecule has 0 spiro atoms. The Hall–Kier alpha value is -2.69. The van der Waals surface area contributed by atoms with Crippen molar-refractivity contribution in [2.45, 2.75) is 103 Å². The van der Waals surface area contributed by atoms with Crippen molar-refractivity contribution in [2.75, 3.05) is 6.61 Å². The quantitative estimate of drug-likeness (QED) is 0.156. The largest absolute Gasteiger partial charge is 0.462 e. The molecule has 6 nitrogen and oxygen atoms in total. The highest BCUT2D eigenvalue weighted by atomic mass is 19.5. The molecule has 0 fully saturated rings. The lowest BCUT2D eigenvalue weighted by molar-refractivity contribution is -0.600. The number of hydrogen-bond acceptors (Lipinski definition) is 6. The van der Waals surface area contributed by atoms with Gasteiger partial charge in [0.15, 0.2) is 0 Å². The Labute approximate surface area is 293 Å². The average Bonchev–Trinajstić information content (AvgIpc) is 2.91. The van der Waals surface area contributed by atoms with Gasteiger partial charge < -0.3 is 5.11 Å². The molecule has 0 aromatic rings. The highest BCUT2D eigenvalue weighted by Gasteiger charge is 2.91. The summed E-state index contributed by atoms with van der Waals surface area (Å²) in [5.74, 6) is -52.8. The maximum Gasteiger partial charge on any atom is 0.462 e. The van der Waals surface area contributed by atoms with E-state index < -0.39 is 109 Å². The predicted molar refractivity (Wildman–Crippen MR) is 97.7 cm³/mol. The molecule has 0 unspecified atom stereocenters. The fourth-order valence-electron chi connectivity index (χ4n) is 2.71. The lowest BCUT2D eigenvalue weighted by atomic mass is 10.2. The third-order valence-corrected chi connectivity index (χ3v) is 5.67. The first kappa shape index (κ1) is 56.3. The molecule has 0 saturated carbocycles. The summed E-state index contributed by atoms with van der Waals surface area (Å²) >= 11 is 0. The first-order valence-corrected chi connectivity index (χ1v) is 12.1. The zero-order chi connectivity index (χ0) is 48.7. The normalized spacial score (nSPS) is 20.9. The van der Waals surface area contributed by atoms with Crippen LogP contribution >= 0.6 is 0 Å². The minimum absolute atomic E-state index is 0.705. The lowest BCUT2D eigenvalue weighted by Gasteiger charge is -2.44. The van der Waals surface area contributed by atoms with Gasteiger partial charge in [0, 0.05) is 0 Å². The molecule has 0 amide bonds. The van der Waals surface area contributed by atoms with Gasteiger partial charge in [-0.1, -0.05) is 0 Å². The van der Waals surface area contributed by atoms with E-state index in [9.17, 15) is 154 Å². The molecule has 0 saturated heterocycles. The summed E-state index contributed by atoms with van der Waals surface area (Å²) in [7, 11) is 0. The van der Waals surface area contributed by atoms with Crippen LogP contribution in [0.15, 0.2) is 0 Å². The van der Waals surface area contributed by atoms with Crippen molar-refractivity contribution in [3.63, 3.8) is 0 Å². The number of aliphatic hydroxyl groups is 1. The SMILES string of the molecule is OC[C@](F)(OC(F)(F)[C@](F)(OC(F)(F)[C@](F)(OC(F)(F)[C@@](F)(OC(F)(F)[C@@](F)(OC(F)(F)C(F)(F)C(F)(F)F)C(F)(F)F)C(F)(F)F)C(F)(F)F)C(F)(F)F)C(F)(F)F. The molecule has 0 aliphatic rings. The molecule has 0 aromatic carbocycles. The van der Waals surface area contributed by atoms with E-state index in [0.29, 0.717) is 9.47 Å². The molecule has 0 aliphatic carbocycles. The van der Waals surface area contributed by atoms with Crippen LogP contribution in [0.2, 0.25) is 0 Å². The van der Waals surface area contributed by atoms with Crippen molar-refractivity contribution in [2.24, 2.45) is 0 Å². The van der Waals surface area contributed by atoms with Gasteiger partial charge in [-0.05, 0) is 0 Å². The molecule has 1 N–H and O–H groups in total. The molecule has 0 radical (unpaired) electrons. The van der Waals surface area contributed by atoms with E-state index in [-0.39, 0.29) is 0 Å². The molecular formula is C18H3F35O6. The summed E-state index contributed by atoms with van der Waals surface area (Å²) in [6.07, 6.45) is -97.2. The molecule has 356 valence electrons. The molecule has 59 heavy (non-hydrogen) atoms. The third kappa shape index (κ3) is 9.40. The summed E-state index contributed by atoms with van der Waals surface area (Å²) in [6.45, 7) is -3.90.